The van der Waals surface area contributed by atoms with Gasteiger partial charge in [0, 0.05) is 19.2 Å². The van der Waals surface area contributed by atoms with Crippen molar-refractivity contribution in [3.63, 3.8) is 0 Å². The smallest absolute Gasteiger partial charge is 0.417 e. The van der Waals surface area contributed by atoms with Gasteiger partial charge in [0.1, 0.15) is 0 Å². The summed E-state index contributed by atoms with van der Waals surface area (Å²) in [6.07, 6.45) is -0.978. The summed E-state index contributed by atoms with van der Waals surface area (Å²) in [6.45, 7) is 2.87. The van der Waals surface area contributed by atoms with Gasteiger partial charge in [0.2, 0.25) is 5.91 Å². The van der Waals surface area contributed by atoms with Gasteiger partial charge >= 0.3 is 12.1 Å². The summed E-state index contributed by atoms with van der Waals surface area (Å²) in [4.78, 5) is 25.4. The first-order valence-electron chi connectivity index (χ1n) is 8.22. The van der Waals surface area contributed by atoms with Crippen LogP contribution in [-0.2, 0) is 20.5 Å². The third-order valence-corrected chi connectivity index (χ3v) is 4.47. The standard InChI is InChI=1S/C18H19ClF3NO3/c1-2-26-17(25)13-7-9-23(10-8-13)16(24)6-4-12-3-5-15(19)14(11-12)18(20,21)22/h3-6,11,13H,2,7-10H2,1H3/b6-4+. The molecule has 1 aromatic rings. The maximum Gasteiger partial charge on any atom is 0.417 e. The van der Waals surface area contributed by atoms with Gasteiger partial charge in [-0.15, -0.1) is 0 Å². The van der Waals surface area contributed by atoms with Crippen LogP contribution in [0.3, 0.4) is 0 Å². The van der Waals surface area contributed by atoms with E-state index >= 15 is 0 Å². The molecule has 8 heteroatoms. The molecule has 26 heavy (non-hydrogen) atoms. The lowest BCUT2D eigenvalue weighted by Gasteiger charge is -2.30. The predicted octanol–water partition coefficient (Wildman–Crippen LogP) is 4.17. The molecule has 4 nitrogen and oxygen atoms in total. The molecule has 1 aliphatic rings. The van der Waals surface area contributed by atoms with Crippen LogP contribution in [0, 0.1) is 5.92 Å². The second-order valence-corrected chi connectivity index (χ2v) is 6.33. The molecule has 1 heterocycles. The Kier molecular flexibility index (Phi) is 6.69. The Balaban J connectivity index is 1.97. The minimum absolute atomic E-state index is 0.214. The third-order valence-electron chi connectivity index (χ3n) is 4.14. The summed E-state index contributed by atoms with van der Waals surface area (Å²) in [6, 6.07) is 3.47. The van der Waals surface area contributed by atoms with E-state index in [2.05, 4.69) is 0 Å². The maximum atomic E-state index is 12.9. The number of esters is 1. The number of nitrogens with zero attached hydrogens (tertiary/aromatic N) is 1. The molecule has 0 unspecified atom stereocenters. The molecule has 0 aromatic heterocycles. The fourth-order valence-electron chi connectivity index (χ4n) is 2.73. The zero-order valence-corrected chi connectivity index (χ0v) is 14.9. The van der Waals surface area contributed by atoms with Gasteiger partial charge in [0.05, 0.1) is 23.1 Å². The average Bonchev–Trinajstić information content (AvgIpc) is 2.60. The fourth-order valence-corrected chi connectivity index (χ4v) is 2.96. The molecule has 1 fully saturated rings. The molecule has 0 bridgehead atoms. The van der Waals surface area contributed by atoms with Crippen molar-refractivity contribution in [3.05, 3.63) is 40.4 Å². The van der Waals surface area contributed by atoms with Gasteiger partial charge < -0.3 is 9.64 Å². The first-order chi connectivity index (χ1) is 12.2. The molecule has 142 valence electrons. The van der Waals surface area contributed by atoms with Gasteiger partial charge in [-0.1, -0.05) is 17.7 Å². The van der Waals surface area contributed by atoms with E-state index < -0.39 is 11.7 Å². The number of rotatable bonds is 4. The number of piperidine rings is 1. The molecule has 0 spiro atoms. The molecule has 0 N–H and O–H groups in total. The summed E-state index contributed by atoms with van der Waals surface area (Å²) in [5, 5.41) is -0.387. The first kappa shape index (κ1) is 20.3. The summed E-state index contributed by atoms with van der Waals surface area (Å²) < 4.78 is 43.5. The highest BCUT2D eigenvalue weighted by Crippen LogP contribution is 2.35. The van der Waals surface area contributed by atoms with Crippen LogP contribution in [0.4, 0.5) is 13.2 Å². The van der Waals surface area contributed by atoms with Gasteiger partial charge in [-0.25, -0.2) is 0 Å². The van der Waals surface area contributed by atoms with Crippen LogP contribution in [-0.4, -0.2) is 36.5 Å². The predicted molar refractivity (Wildman–Crippen MR) is 91.4 cm³/mol. The number of amides is 1. The van der Waals surface area contributed by atoms with E-state index in [0.29, 0.717) is 32.5 Å². The average molecular weight is 390 g/mol. The number of ether oxygens (including phenoxy) is 1. The summed E-state index contributed by atoms with van der Waals surface area (Å²) in [7, 11) is 0. The van der Waals surface area contributed by atoms with Crippen LogP contribution < -0.4 is 0 Å². The topological polar surface area (TPSA) is 46.6 Å². The molecule has 0 aliphatic carbocycles. The lowest BCUT2D eigenvalue weighted by Crippen LogP contribution is -2.39. The van der Waals surface area contributed by atoms with Crippen molar-refractivity contribution >= 4 is 29.6 Å². The van der Waals surface area contributed by atoms with Crippen LogP contribution in [0.2, 0.25) is 5.02 Å². The van der Waals surface area contributed by atoms with Crippen molar-refractivity contribution < 1.29 is 27.5 Å². The molecule has 1 aromatic carbocycles. The number of hydrogen-bond acceptors (Lipinski definition) is 3. The van der Waals surface area contributed by atoms with Crippen molar-refractivity contribution in [1.29, 1.82) is 0 Å². The minimum Gasteiger partial charge on any atom is -0.466 e. The zero-order chi connectivity index (χ0) is 19.3. The Morgan fingerprint density at radius 3 is 2.54 bits per heavy atom. The zero-order valence-electron chi connectivity index (χ0n) is 14.2. The molecule has 1 amide bonds. The van der Waals surface area contributed by atoms with E-state index in [1.54, 1.807) is 11.8 Å². The molecule has 1 aliphatic heterocycles. The number of hydrogen-bond donors (Lipinski definition) is 0. The maximum absolute atomic E-state index is 12.9. The van der Waals surface area contributed by atoms with Crippen LogP contribution >= 0.6 is 11.6 Å². The number of carbonyl (C=O) groups is 2. The number of benzene rings is 1. The lowest BCUT2D eigenvalue weighted by molar-refractivity contribution is -0.150. The number of halogens is 4. The molecule has 0 radical (unpaired) electrons. The van der Waals surface area contributed by atoms with Gasteiger partial charge in [-0.2, -0.15) is 13.2 Å². The Hall–Kier alpha value is -2.02. The van der Waals surface area contributed by atoms with Crippen LogP contribution in [0.5, 0.6) is 0 Å². The number of likely N-dealkylation sites (tertiary alicyclic amines) is 1. The highest BCUT2D eigenvalue weighted by molar-refractivity contribution is 6.31. The van der Waals surface area contributed by atoms with E-state index in [1.165, 1.54) is 18.2 Å². The van der Waals surface area contributed by atoms with E-state index in [-0.39, 0.29) is 28.4 Å². The Morgan fingerprint density at radius 2 is 1.96 bits per heavy atom. The highest BCUT2D eigenvalue weighted by atomic mass is 35.5. The van der Waals surface area contributed by atoms with Crippen molar-refractivity contribution in [2.45, 2.75) is 25.9 Å². The van der Waals surface area contributed by atoms with Crippen molar-refractivity contribution in [2.75, 3.05) is 19.7 Å². The van der Waals surface area contributed by atoms with E-state index in [9.17, 15) is 22.8 Å². The van der Waals surface area contributed by atoms with E-state index in [4.69, 9.17) is 16.3 Å². The monoisotopic (exact) mass is 389 g/mol. The van der Waals surface area contributed by atoms with Crippen LogP contribution in [0.1, 0.15) is 30.9 Å². The van der Waals surface area contributed by atoms with Gasteiger partial charge in [0.25, 0.3) is 0 Å². The van der Waals surface area contributed by atoms with E-state index in [1.807, 2.05) is 0 Å². The quantitative estimate of drug-likeness (QED) is 0.573. The second-order valence-electron chi connectivity index (χ2n) is 5.92. The number of alkyl halides is 3. The summed E-state index contributed by atoms with van der Waals surface area (Å²) in [5.41, 5.74) is -0.708. The highest BCUT2D eigenvalue weighted by Gasteiger charge is 2.33. The van der Waals surface area contributed by atoms with E-state index in [0.717, 1.165) is 12.1 Å². The largest absolute Gasteiger partial charge is 0.466 e. The number of carbonyl (C=O) groups excluding carboxylic acids is 2. The molecule has 2 rings (SSSR count). The molecule has 0 saturated carbocycles. The van der Waals surface area contributed by atoms with Crippen LogP contribution in [0.25, 0.3) is 6.08 Å². The molecule has 1 saturated heterocycles. The Morgan fingerprint density at radius 1 is 1.31 bits per heavy atom. The SMILES string of the molecule is CCOC(=O)C1CCN(C(=O)/C=C/c2ccc(Cl)c(C(F)(F)F)c2)CC1. The Bertz CT molecular complexity index is 695. The van der Waals surface area contributed by atoms with Gasteiger partial charge in [-0.3, -0.25) is 9.59 Å². The first-order valence-corrected chi connectivity index (χ1v) is 8.60. The van der Waals surface area contributed by atoms with Crippen molar-refractivity contribution in [2.24, 2.45) is 5.92 Å². The van der Waals surface area contributed by atoms with Gasteiger partial charge in [0.15, 0.2) is 0 Å². The Labute approximate surface area is 154 Å². The van der Waals surface area contributed by atoms with Crippen molar-refractivity contribution in [1.82, 2.24) is 4.90 Å². The summed E-state index contributed by atoms with van der Waals surface area (Å²) in [5.74, 6) is -0.777. The summed E-state index contributed by atoms with van der Waals surface area (Å²) >= 11 is 5.57. The third kappa shape index (κ3) is 5.24. The fraction of sp³-hybridized carbons (Fsp3) is 0.444. The van der Waals surface area contributed by atoms with Crippen LogP contribution in [0.15, 0.2) is 24.3 Å². The molecular formula is C18H19ClF3NO3. The second kappa shape index (κ2) is 8.58. The lowest BCUT2D eigenvalue weighted by atomic mass is 9.97. The normalized spacial score (nSPS) is 16.1. The minimum atomic E-state index is -4.56. The molecule has 0 atom stereocenters. The molecular weight excluding hydrogens is 371 g/mol. The van der Waals surface area contributed by atoms with Crippen molar-refractivity contribution in [3.8, 4) is 0 Å². The van der Waals surface area contributed by atoms with Gasteiger partial charge in [-0.05, 0) is 43.5 Å².